The summed E-state index contributed by atoms with van der Waals surface area (Å²) < 4.78 is 10.1. The first-order valence-electron chi connectivity index (χ1n) is 4.66. The highest BCUT2D eigenvalue weighted by molar-refractivity contribution is 5.94. The van der Waals surface area contributed by atoms with E-state index in [-0.39, 0.29) is 12.6 Å². The lowest BCUT2D eigenvalue weighted by molar-refractivity contribution is 0.0517. The molecule has 15 heavy (non-hydrogen) atoms. The van der Waals surface area contributed by atoms with Crippen molar-refractivity contribution < 1.29 is 13.9 Å². The lowest BCUT2D eigenvalue weighted by Crippen LogP contribution is -2.13. The van der Waals surface area contributed by atoms with Crippen LogP contribution in [0.3, 0.4) is 0 Å². The first-order valence-corrected chi connectivity index (χ1v) is 4.66. The van der Waals surface area contributed by atoms with Gasteiger partial charge < -0.3 is 14.9 Å². The van der Waals surface area contributed by atoms with E-state index >= 15 is 0 Å². The molecular formula is C11H11NO3. The first kappa shape index (κ1) is 9.73. The molecule has 0 aliphatic rings. The van der Waals surface area contributed by atoms with Gasteiger partial charge in [0.1, 0.15) is 12.2 Å². The Morgan fingerprint density at radius 1 is 1.40 bits per heavy atom. The second-order valence-electron chi connectivity index (χ2n) is 3.10. The molecule has 2 rings (SSSR count). The predicted molar refractivity (Wildman–Crippen MR) is 55.6 cm³/mol. The minimum Gasteiger partial charge on any atom is -0.464 e. The van der Waals surface area contributed by atoms with Gasteiger partial charge in [0.15, 0.2) is 0 Å². The molecule has 0 spiro atoms. The average Bonchev–Trinajstić information content (AvgIpc) is 2.72. The number of hydrogen-bond donors (Lipinski definition) is 1. The molecule has 0 saturated heterocycles. The summed E-state index contributed by atoms with van der Waals surface area (Å²) in [6.07, 6.45) is 1.58. The SMILES string of the molecule is NCCOC(=O)c1ccc2occc2c1. The number of fused-ring (bicyclic) bond motifs is 1. The maximum atomic E-state index is 11.5. The molecule has 2 aromatic rings. The summed E-state index contributed by atoms with van der Waals surface area (Å²) >= 11 is 0. The Morgan fingerprint density at radius 2 is 2.27 bits per heavy atom. The van der Waals surface area contributed by atoms with Crippen molar-refractivity contribution in [2.45, 2.75) is 0 Å². The molecule has 0 fully saturated rings. The quantitative estimate of drug-likeness (QED) is 0.772. The van der Waals surface area contributed by atoms with Gasteiger partial charge in [0.05, 0.1) is 11.8 Å². The summed E-state index contributed by atoms with van der Waals surface area (Å²) in [5.74, 6) is -0.358. The van der Waals surface area contributed by atoms with Gasteiger partial charge in [-0.3, -0.25) is 0 Å². The zero-order chi connectivity index (χ0) is 10.7. The highest BCUT2D eigenvalue weighted by Gasteiger charge is 2.07. The fourth-order valence-corrected chi connectivity index (χ4v) is 1.33. The minimum absolute atomic E-state index is 0.238. The highest BCUT2D eigenvalue weighted by Crippen LogP contribution is 2.17. The van der Waals surface area contributed by atoms with E-state index in [4.69, 9.17) is 14.9 Å². The maximum Gasteiger partial charge on any atom is 0.338 e. The third-order valence-electron chi connectivity index (χ3n) is 2.04. The van der Waals surface area contributed by atoms with Crippen LogP contribution in [0.25, 0.3) is 11.0 Å². The molecular weight excluding hydrogens is 194 g/mol. The lowest BCUT2D eigenvalue weighted by atomic mass is 10.2. The van der Waals surface area contributed by atoms with Crippen molar-refractivity contribution in [3.63, 3.8) is 0 Å². The number of esters is 1. The molecule has 0 amide bonds. The van der Waals surface area contributed by atoms with Gasteiger partial charge in [-0.2, -0.15) is 0 Å². The summed E-state index contributed by atoms with van der Waals surface area (Å²) in [7, 11) is 0. The molecule has 0 atom stereocenters. The van der Waals surface area contributed by atoms with Crippen molar-refractivity contribution in [1.82, 2.24) is 0 Å². The van der Waals surface area contributed by atoms with E-state index in [1.165, 1.54) is 0 Å². The molecule has 0 saturated carbocycles. The highest BCUT2D eigenvalue weighted by atomic mass is 16.5. The van der Waals surface area contributed by atoms with Crippen LogP contribution < -0.4 is 5.73 Å². The molecule has 0 radical (unpaired) electrons. The molecule has 0 bridgehead atoms. The molecule has 0 unspecified atom stereocenters. The monoisotopic (exact) mass is 205 g/mol. The number of carbonyl (C=O) groups excluding carboxylic acids is 1. The normalized spacial score (nSPS) is 10.5. The molecule has 0 aliphatic heterocycles. The standard InChI is InChI=1S/C11H11NO3/c12-4-6-15-11(13)9-1-2-10-8(7-9)3-5-14-10/h1-3,5,7H,4,6,12H2. The number of rotatable bonds is 3. The third-order valence-corrected chi connectivity index (χ3v) is 2.04. The fraction of sp³-hybridized carbons (Fsp3) is 0.182. The number of furan rings is 1. The number of ether oxygens (including phenoxy) is 1. The Labute approximate surface area is 86.6 Å². The Morgan fingerprint density at radius 3 is 3.07 bits per heavy atom. The van der Waals surface area contributed by atoms with Gasteiger partial charge >= 0.3 is 5.97 Å². The Bertz CT molecular complexity index is 475. The predicted octanol–water partition coefficient (Wildman–Crippen LogP) is 1.55. The van der Waals surface area contributed by atoms with Gasteiger partial charge in [0.2, 0.25) is 0 Å². The second kappa shape index (κ2) is 4.14. The van der Waals surface area contributed by atoms with Crippen LogP contribution in [-0.2, 0) is 4.74 Å². The van der Waals surface area contributed by atoms with Gasteiger partial charge in [-0.15, -0.1) is 0 Å². The van der Waals surface area contributed by atoms with Crippen LogP contribution >= 0.6 is 0 Å². The van der Waals surface area contributed by atoms with E-state index < -0.39 is 0 Å². The van der Waals surface area contributed by atoms with E-state index in [9.17, 15) is 4.79 Å². The van der Waals surface area contributed by atoms with Crippen molar-refractivity contribution >= 4 is 16.9 Å². The topological polar surface area (TPSA) is 65.5 Å². The Kier molecular flexibility index (Phi) is 2.69. The molecule has 2 N–H and O–H groups in total. The summed E-state index contributed by atoms with van der Waals surface area (Å²) in [6.45, 7) is 0.571. The van der Waals surface area contributed by atoms with Gasteiger partial charge in [-0.05, 0) is 24.3 Å². The first-order chi connectivity index (χ1) is 7.31. The summed E-state index contributed by atoms with van der Waals surface area (Å²) in [6, 6.07) is 6.95. The zero-order valence-electron chi connectivity index (χ0n) is 8.10. The molecule has 0 aliphatic carbocycles. The maximum absolute atomic E-state index is 11.5. The average molecular weight is 205 g/mol. The molecule has 4 nitrogen and oxygen atoms in total. The Balaban J connectivity index is 2.23. The van der Waals surface area contributed by atoms with Crippen LogP contribution in [0.2, 0.25) is 0 Å². The van der Waals surface area contributed by atoms with Crippen LogP contribution in [0.15, 0.2) is 34.9 Å². The molecule has 1 heterocycles. The van der Waals surface area contributed by atoms with Gasteiger partial charge in [0, 0.05) is 11.9 Å². The summed E-state index contributed by atoms with van der Waals surface area (Å²) in [4.78, 5) is 11.5. The van der Waals surface area contributed by atoms with Crippen LogP contribution in [-0.4, -0.2) is 19.1 Å². The van der Waals surface area contributed by atoms with Gasteiger partial charge in [-0.25, -0.2) is 4.79 Å². The number of benzene rings is 1. The van der Waals surface area contributed by atoms with Crippen LogP contribution in [0, 0.1) is 0 Å². The van der Waals surface area contributed by atoms with Crippen molar-refractivity contribution in [3.8, 4) is 0 Å². The van der Waals surface area contributed by atoms with Crippen molar-refractivity contribution in [3.05, 3.63) is 36.1 Å². The van der Waals surface area contributed by atoms with E-state index in [0.29, 0.717) is 12.1 Å². The van der Waals surface area contributed by atoms with Crippen molar-refractivity contribution in [2.24, 2.45) is 5.73 Å². The molecule has 1 aromatic heterocycles. The van der Waals surface area contributed by atoms with Crippen LogP contribution in [0.4, 0.5) is 0 Å². The van der Waals surface area contributed by atoms with E-state index in [0.717, 1.165) is 11.0 Å². The van der Waals surface area contributed by atoms with Crippen LogP contribution in [0.1, 0.15) is 10.4 Å². The fourth-order valence-electron chi connectivity index (χ4n) is 1.33. The largest absolute Gasteiger partial charge is 0.464 e. The van der Waals surface area contributed by atoms with Crippen LogP contribution in [0.5, 0.6) is 0 Å². The number of carbonyl (C=O) groups is 1. The summed E-state index contributed by atoms with van der Waals surface area (Å²) in [5.41, 5.74) is 6.50. The summed E-state index contributed by atoms with van der Waals surface area (Å²) in [5, 5.41) is 0.886. The third kappa shape index (κ3) is 1.99. The molecule has 4 heteroatoms. The van der Waals surface area contributed by atoms with Crippen molar-refractivity contribution in [2.75, 3.05) is 13.2 Å². The lowest BCUT2D eigenvalue weighted by Gasteiger charge is -2.02. The number of hydrogen-bond acceptors (Lipinski definition) is 4. The van der Waals surface area contributed by atoms with E-state index in [2.05, 4.69) is 0 Å². The van der Waals surface area contributed by atoms with Gasteiger partial charge in [0.25, 0.3) is 0 Å². The molecule has 78 valence electrons. The minimum atomic E-state index is -0.358. The van der Waals surface area contributed by atoms with Gasteiger partial charge in [-0.1, -0.05) is 0 Å². The number of nitrogens with two attached hydrogens (primary N) is 1. The smallest absolute Gasteiger partial charge is 0.338 e. The van der Waals surface area contributed by atoms with E-state index in [1.54, 1.807) is 30.5 Å². The van der Waals surface area contributed by atoms with Crippen molar-refractivity contribution in [1.29, 1.82) is 0 Å². The van der Waals surface area contributed by atoms with E-state index in [1.807, 2.05) is 0 Å². The second-order valence-corrected chi connectivity index (χ2v) is 3.10. The zero-order valence-corrected chi connectivity index (χ0v) is 8.10. The molecule has 1 aromatic carbocycles. The Hall–Kier alpha value is -1.81.